The third-order valence-corrected chi connectivity index (χ3v) is 5.60. The molecule has 1 unspecified atom stereocenters. The molecule has 4 rings (SSSR count). The van der Waals surface area contributed by atoms with Gasteiger partial charge in [-0.15, -0.1) is 0 Å². The van der Waals surface area contributed by atoms with Crippen molar-refractivity contribution in [3.8, 4) is 11.5 Å². The minimum Gasteiger partial charge on any atom is -0.497 e. The SMILES string of the molecule is CCOc1ccc(C2CC(=O)N(c3ccc(OC)cc3)C3=C2C(=O)CCC3)cc1. The predicted octanol–water partition coefficient (Wildman–Crippen LogP) is 4.62. The zero-order valence-corrected chi connectivity index (χ0v) is 16.8. The van der Waals surface area contributed by atoms with Gasteiger partial charge in [0, 0.05) is 35.7 Å². The summed E-state index contributed by atoms with van der Waals surface area (Å²) < 4.78 is 10.8. The van der Waals surface area contributed by atoms with Gasteiger partial charge in [-0.25, -0.2) is 0 Å². The number of Topliss-reactive ketones (excluding diaryl/α,β-unsaturated/α-hetero) is 1. The standard InChI is InChI=1S/C24H25NO4/c1-3-29-19-11-7-16(8-12-19)20-15-23(27)25(17-9-13-18(28-2)14-10-17)21-5-4-6-22(26)24(20)21/h7-14,20H,3-6,15H2,1-2H3. The fourth-order valence-corrected chi connectivity index (χ4v) is 4.27. The van der Waals surface area contributed by atoms with Crippen LogP contribution in [0.25, 0.3) is 0 Å². The fraction of sp³-hybridized carbons (Fsp3) is 0.333. The predicted molar refractivity (Wildman–Crippen MR) is 111 cm³/mol. The van der Waals surface area contributed by atoms with Gasteiger partial charge in [0.15, 0.2) is 5.78 Å². The van der Waals surface area contributed by atoms with Crippen LogP contribution in [0.5, 0.6) is 11.5 Å². The number of anilines is 1. The van der Waals surface area contributed by atoms with Crippen LogP contribution in [-0.2, 0) is 9.59 Å². The second-order valence-electron chi connectivity index (χ2n) is 7.32. The molecule has 0 aromatic heterocycles. The number of carbonyl (C=O) groups excluding carboxylic acids is 2. The fourth-order valence-electron chi connectivity index (χ4n) is 4.27. The van der Waals surface area contributed by atoms with Crippen molar-refractivity contribution in [1.29, 1.82) is 0 Å². The van der Waals surface area contributed by atoms with Crippen LogP contribution in [0.4, 0.5) is 5.69 Å². The summed E-state index contributed by atoms with van der Waals surface area (Å²) in [5.74, 6) is 1.50. The van der Waals surface area contributed by atoms with Gasteiger partial charge < -0.3 is 9.47 Å². The molecule has 0 saturated heterocycles. The number of methoxy groups -OCH3 is 1. The zero-order chi connectivity index (χ0) is 20.4. The molecule has 5 heteroatoms. The summed E-state index contributed by atoms with van der Waals surface area (Å²) in [6.07, 6.45) is 2.32. The van der Waals surface area contributed by atoms with Gasteiger partial charge in [-0.3, -0.25) is 14.5 Å². The summed E-state index contributed by atoms with van der Waals surface area (Å²) in [5.41, 5.74) is 3.40. The molecule has 0 spiro atoms. The van der Waals surface area contributed by atoms with E-state index in [1.165, 1.54) is 0 Å². The summed E-state index contributed by atoms with van der Waals surface area (Å²) in [6.45, 7) is 2.55. The van der Waals surface area contributed by atoms with E-state index >= 15 is 0 Å². The molecule has 1 atom stereocenters. The monoisotopic (exact) mass is 391 g/mol. The molecular formula is C24H25NO4. The molecule has 29 heavy (non-hydrogen) atoms. The Morgan fingerprint density at radius 1 is 0.966 bits per heavy atom. The van der Waals surface area contributed by atoms with Crippen molar-refractivity contribution in [3.05, 3.63) is 65.4 Å². The first-order chi connectivity index (χ1) is 14.1. The molecule has 0 bridgehead atoms. The largest absolute Gasteiger partial charge is 0.497 e. The molecule has 5 nitrogen and oxygen atoms in total. The highest BCUT2D eigenvalue weighted by Crippen LogP contribution is 2.43. The number of ketones is 1. The van der Waals surface area contributed by atoms with Gasteiger partial charge in [-0.2, -0.15) is 0 Å². The third-order valence-electron chi connectivity index (χ3n) is 5.60. The van der Waals surface area contributed by atoms with Crippen molar-refractivity contribution >= 4 is 17.4 Å². The number of benzene rings is 2. The Balaban J connectivity index is 1.75. The number of amides is 1. The van der Waals surface area contributed by atoms with Gasteiger partial charge in [-0.05, 0) is 61.7 Å². The van der Waals surface area contributed by atoms with E-state index in [0.29, 0.717) is 13.0 Å². The quantitative estimate of drug-likeness (QED) is 0.746. The molecular weight excluding hydrogens is 366 g/mol. The summed E-state index contributed by atoms with van der Waals surface area (Å²) in [7, 11) is 1.61. The van der Waals surface area contributed by atoms with Crippen LogP contribution in [0.15, 0.2) is 59.8 Å². The highest BCUT2D eigenvalue weighted by Gasteiger charge is 2.39. The van der Waals surface area contributed by atoms with E-state index in [0.717, 1.165) is 46.9 Å². The second-order valence-corrected chi connectivity index (χ2v) is 7.32. The molecule has 0 radical (unpaired) electrons. The van der Waals surface area contributed by atoms with Gasteiger partial charge in [0.25, 0.3) is 0 Å². The highest BCUT2D eigenvalue weighted by atomic mass is 16.5. The Labute approximate surface area is 170 Å². The lowest BCUT2D eigenvalue weighted by atomic mass is 9.77. The Hall–Kier alpha value is -3.08. The molecule has 150 valence electrons. The molecule has 2 aromatic carbocycles. The highest BCUT2D eigenvalue weighted by molar-refractivity contribution is 6.07. The van der Waals surface area contributed by atoms with Crippen molar-refractivity contribution in [2.75, 3.05) is 18.6 Å². The first-order valence-corrected chi connectivity index (χ1v) is 10.1. The van der Waals surface area contributed by atoms with Gasteiger partial charge >= 0.3 is 0 Å². The molecule has 2 aromatic rings. The van der Waals surface area contributed by atoms with Crippen LogP contribution in [0.3, 0.4) is 0 Å². The second kappa shape index (κ2) is 8.11. The van der Waals surface area contributed by atoms with Crippen molar-refractivity contribution in [2.24, 2.45) is 0 Å². The summed E-state index contributed by atoms with van der Waals surface area (Å²) in [4.78, 5) is 27.8. The van der Waals surface area contributed by atoms with E-state index in [1.54, 1.807) is 12.0 Å². The number of hydrogen-bond donors (Lipinski definition) is 0. The summed E-state index contributed by atoms with van der Waals surface area (Å²) in [6, 6.07) is 15.2. The van der Waals surface area contributed by atoms with E-state index < -0.39 is 0 Å². The van der Waals surface area contributed by atoms with Crippen LogP contribution in [-0.4, -0.2) is 25.4 Å². The van der Waals surface area contributed by atoms with Gasteiger partial charge in [0.2, 0.25) is 5.91 Å². The van der Waals surface area contributed by atoms with Crippen molar-refractivity contribution < 1.29 is 19.1 Å². The van der Waals surface area contributed by atoms with Crippen LogP contribution in [0.2, 0.25) is 0 Å². The van der Waals surface area contributed by atoms with Gasteiger partial charge in [0.05, 0.1) is 13.7 Å². The van der Waals surface area contributed by atoms with E-state index in [9.17, 15) is 9.59 Å². The van der Waals surface area contributed by atoms with E-state index in [-0.39, 0.29) is 24.0 Å². The Morgan fingerprint density at radius 2 is 1.66 bits per heavy atom. The number of ether oxygens (including phenoxy) is 2. The molecule has 0 N–H and O–H groups in total. The maximum Gasteiger partial charge on any atom is 0.232 e. The van der Waals surface area contributed by atoms with Gasteiger partial charge in [0.1, 0.15) is 11.5 Å². The Bertz CT molecular complexity index is 944. The number of hydrogen-bond acceptors (Lipinski definition) is 4. The lowest BCUT2D eigenvalue weighted by molar-refractivity contribution is -0.119. The number of allylic oxidation sites excluding steroid dienone is 2. The minimum absolute atomic E-state index is 0.0162. The van der Waals surface area contributed by atoms with Gasteiger partial charge in [-0.1, -0.05) is 12.1 Å². The average Bonchev–Trinajstić information content (AvgIpc) is 2.74. The normalized spacial score (nSPS) is 19.2. The first kappa shape index (κ1) is 19.2. The first-order valence-electron chi connectivity index (χ1n) is 10.1. The number of carbonyl (C=O) groups is 2. The number of rotatable bonds is 5. The van der Waals surface area contributed by atoms with Crippen molar-refractivity contribution in [1.82, 2.24) is 0 Å². The minimum atomic E-state index is -0.199. The van der Waals surface area contributed by atoms with Crippen LogP contribution in [0.1, 0.15) is 44.1 Å². The topological polar surface area (TPSA) is 55.8 Å². The maximum absolute atomic E-state index is 13.2. The molecule has 1 aliphatic heterocycles. The molecule has 2 aliphatic rings. The molecule has 0 fully saturated rings. The third kappa shape index (κ3) is 3.65. The molecule has 1 aliphatic carbocycles. The van der Waals surface area contributed by atoms with E-state index in [4.69, 9.17) is 9.47 Å². The summed E-state index contributed by atoms with van der Waals surface area (Å²) >= 11 is 0. The average molecular weight is 391 g/mol. The number of nitrogens with zero attached hydrogens (tertiary/aromatic N) is 1. The lowest BCUT2D eigenvalue weighted by Gasteiger charge is -2.38. The molecule has 0 saturated carbocycles. The maximum atomic E-state index is 13.2. The van der Waals surface area contributed by atoms with Crippen LogP contribution < -0.4 is 14.4 Å². The molecule has 1 amide bonds. The summed E-state index contributed by atoms with van der Waals surface area (Å²) in [5, 5.41) is 0. The molecule has 1 heterocycles. The van der Waals surface area contributed by atoms with Crippen LogP contribution >= 0.6 is 0 Å². The van der Waals surface area contributed by atoms with E-state index in [1.807, 2.05) is 55.5 Å². The van der Waals surface area contributed by atoms with Crippen LogP contribution in [0, 0.1) is 0 Å². The van der Waals surface area contributed by atoms with Crippen molar-refractivity contribution in [3.63, 3.8) is 0 Å². The smallest absolute Gasteiger partial charge is 0.232 e. The Morgan fingerprint density at radius 3 is 2.31 bits per heavy atom. The Kier molecular flexibility index (Phi) is 5.38. The lowest BCUT2D eigenvalue weighted by Crippen LogP contribution is -2.40. The van der Waals surface area contributed by atoms with Crippen molar-refractivity contribution in [2.45, 2.75) is 38.5 Å². The zero-order valence-electron chi connectivity index (χ0n) is 16.8. The van der Waals surface area contributed by atoms with E-state index in [2.05, 4.69) is 0 Å².